The Hall–Kier alpha value is -2.12. The van der Waals surface area contributed by atoms with Gasteiger partial charge in [0.1, 0.15) is 12.4 Å². The number of anilines is 2. The van der Waals surface area contributed by atoms with E-state index in [1.54, 1.807) is 30.0 Å². The molecule has 7 heteroatoms. The SMILES string of the molecule is COCC(=O)Nc1ccc2c(c1)N(CCN(C)C)C(=O)C(C)O2. The van der Waals surface area contributed by atoms with Crippen molar-refractivity contribution in [1.29, 1.82) is 0 Å². The fraction of sp³-hybridized carbons (Fsp3) is 0.500. The van der Waals surface area contributed by atoms with Gasteiger partial charge in [-0.1, -0.05) is 0 Å². The Labute approximate surface area is 136 Å². The maximum absolute atomic E-state index is 12.4. The molecule has 1 aliphatic rings. The van der Waals surface area contributed by atoms with E-state index in [1.165, 1.54) is 7.11 Å². The molecule has 0 fully saturated rings. The van der Waals surface area contributed by atoms with Crippen molar-refractivity contribution in [2.45, 2.75) is 13.0 Å². The predicted molar refractivity (Wildman–Crippen MR) is 87.9 cm³/mol. The van der Waals surface area contributed by atoms with Crippen LogP contribution >= 0.6 is 0 Å². The maximum Gasteiger partial charge on any atom is 0.267 e. The number of benzene rings is 1. The first-order valence-electron chi connectivity index (χ1n) is 7.48. The molecule has 23 heavy (non-hydrogen) atoms. The summed E-state index contributed by atoms with van der Waals surface area (Å²) >= 11 is 0. The second-order valence-corrected chi connectivity index (χ2v) is 5.72. The van der Waals surface area contributed by atoms with Gasteiger partial charge < -0.3 is 24.6 Å². The van der Waals surface area contributed by atoms with Crippen LogP contribution in [0, 0.1) is 0 Å². The topological polar surface area (TPSA) is 71.1 Å². The molecule has 2 amide bonds. The van der Waals surface area contributed by atoms with Crippen molar-refractivity contribution in [2.75, 3.05) is 51.1 Å². The number of hydrogen-bond donors (Lipinski definition) is 1. The fourth-order valence-electron chi connectivity index (χ4n) is 2.34. The molecule has 1 unspecified atom stereocenters. The van der Waals surface area contributed by atoms with E-state index in [4.69, 9.17) is 9.47 Å². The van der Waals surface area contributed by atoms with E-state index in [9.17, 15) is 9.59 Å². The number of nitrogens with one attached hydrogen (secondary N) is 1. The summed E-state index contributed by atoms with van der Waals surface area (Å²) in [5, 5.41) is 2.74. The molecule has 0 spiro atoms. The average molecular weight is 321 g/mol. The first-order chi connectivity index (χ1) is 10.9. The molecule has 1 aromatic carbocycles. The Bertz CT molecular complexity index is 589. The first kappa shape index (κ1) is 17.2. The van der Waals surface area contributed by atoms with Gasteiger partial charge >= 0.3 is 0 Å². The normalized spacial score (nSPS) is 17.0. The van der Waals surface area contributed by atoms with Crippen LogP contribution in [0.5, 0.6) is 5.75 Å². The van der Waals surface area contributed by atoms with Crippen LogP contribution in [-0.4, -0.2) is 63.7 Å². The number of carbonyl (C=O) groups excluding carboxylic acids is 2. The second-order valence-electron chi connectivity index (χ2n) is 5.72. The number of hydrogen-bond acceptors (Lipinski definition) is 5. The quantitative estimate of drug-likeness (QED) is 0.844. The summed E-state index contributed by atoms with van der Waals surface area (Å²) in [6, 6.07) is 5.27. The van der Waals surface area contributed by atoms with Gasteiger partial charge in [0.25, 0.3) is 5.91 Å². The van der Waals surface area contributed by atoms with Gasteiger partial charge in [-0.3, -0.25) is 9.59 Å². The average Bonchev–Trinajstić information content (AvgIpc) is 2.48. The zero-order valence-electron chi connectivity index (χ0n) is 14.0. The summed E-state index contributed by atoms with van der Waals surface area (Å²) in [6.07, 6.45) is -0.515. The maximum atomic E-state index is 12.4. The minimum Gasteiger partial charge on any atom is -0.479 e. The molecule has 0 bridgehead atoms. The summed E-state index contributed by atoms with van der Waals surface area (Å²) < 4.78 is 10.4. The van der Waals surface area contributed by atoms with E-state index in [0.29, 0.717) is 23.7 Å². The molecule has 0 radical (unpaired) electrons. The van der Waals surface area contributed by atoms with Crippen LogP contribution < -0.4 is 15.0 Å². The molecule has 0 saturated heterocycles. The van der Waals surface area contributed by atoms with Gasteiger partial charge in [0.2, 0.25) is 5.91 Å². The zero-order valence-corrected chi connectivity index (χ0v) is 14.0. The molecule has 1 heterocycles. The van der Waals surface area contributed by atoms with Crippen molar-refractivity contribution in [3.63, 3.8) is 0 Å². The Balaban J connectivity index is 2.25. The van der Waals surface area contributed by atoms with Gasteiger partial charge in [-0.2, -0.15) is 0 Å². The highest BCUT2D eigenvalue weighted by molar-refractivity contribution is 6.01. The van der Waals surface area contributed by atoms with E-state index >= 15 is 0 Å². The molecule has 7 nitrogen and oxygen atoms in total. The third-order valence-electron chi connectivity index (χ3n) is 3.50. The van der Waals surface area contributed by atoms with Gasteiger partial charge in [0, 0.05) is 25.9 Å². The van der Waals surface area contributed by atoms with Crippen LogP contribution in [0.4, 0.5) is 11.4 Å². The second kappa shape index (κ2) is 7.43. The lowest BCUT2D eigenvalue weighted by atomic mass is 10.1. The molecule has 1 aliphatic heterocycles. The summed E-state index contributed by atoms with van der Waals surface area (Å²) in [5.74, 6) is 0.309. The van der Waals surface area contributed by atoms with Crippen molar-refractivity contribution in [3.8, 4) is 5.75 Å². The minimum atomic E-state index is -0.515. The van der Waals surface area contributed by atoms with Gasteiger partial charge in [-0.25, -0.2) is 0 Å². The summed E-state index contributed by atoms with van der Waals surface area (Å²) in [5.41, 5.74) is 1.27. The number of rotatable bonds is 6. The Kier molecular flexibility index (Phi) is 5.57. The number of carbonyl (C=O) groups is 2. The molecule has 0 aliphatic carbocycles. The summed E-state index contributed by atoms with van der Waals surface area (Å²) in [7, 11) is 5.37. The number of ether oxygens (including phenoxy) is 2. The van der Waals surface area contributed by atoms with Crippen LogP contribution in [0.3, 0.4) is 0 Å². The van der Waals surface area contributed by atoms with Crippen LogP contribution in [0.25, 0.3) is 0 Å². The Morgan fingerprint density at radius 1 is 1.43 bits per heavy atom. The molecular formula is C16H23N3O4. The predicted octanol–water partition coefficient (Wildman–Crippen LogP) is 0.947. The molecule has 0 aromatic heterocycles. The number of nitrogens with zero attached hydrogens (tertiary/aromatic N) is 2. The monoisotopic (exact) mass is 321 g/mol. The third kappa shape index (κ3) is 4.20. The van der Waals surface area contributed by atoms with Gasteiger partial charge in [-0.05, 0) is 39.2 Å². The van der Waals surface area contributed by atoms with Gasteiger partial charge in [0.15, 0.2) is 6.10 Å². The smallest absolute Gasteiger partial charge is 0.267 e. The van der Waals surface area contributed by atoms with E-state index in [1.807, 2.05) is 19.0 Å². The number of fused-ring (bicyclic) bond motifs is 1. The number of likely N-dealkylation sites (N-methyl/N-ethyl adjacent to an activating group) is 1. The molecule has 1 atom stereocenters. The lowest BCUT2D eigenvalue weighted by molar-refractivity contribution is -0.125. The van der Waals surface area contributed by atoms with Crippen LogP contribution in [-0.2, 0) is 14.3 Å². The van der Waals surface area contributed by atoms with Crippen molar-refractivity contribution in [3.05, 3.63) is 18.2 Å². The third-order valence-corrected chi connectivity index (χ3v) is 3.50. The number of methoxy groups -OCH3 is 1. The van der Waals surface area contributed by atoms with Crippen LogP contribution in [0.2, 0.25) is 0 Å². The van der Waals surface area contributed by atoms with Crippen LogP contribution in [0.15, 0.2) is 18.2 Å². The standard InChI is InChI=1S/C16H23N3O4/c1-11-16(21)19(8-7-18(2)3)13-9-12(5-6-14(13)23-11)17-15(20)10-22-4/h5-6,9,11H,7-8,10H2,1-4H3,(H,17,20). The largest absolute Gasteiger partial charge is 0.479 e. The zero-order chi connectivity index (χ0) is 17.0. The van der Waals surface area contributed by atoms with E-state index in [-0.39, 0.29) is 18.4 Å². The molecule has 0 saturated carbocycles. The molecule has 1 aromatic rings. The van der Waals surface area contributed by atoms with Crippen molar-refractivity contribution in [2.24, 2.45) is 0 Å². The van der Waals surface area contributed by atoms with Crippen molar-refractivity contribution < 1.29 is 19.1 Å². The summed E-state index contributed by atoms with van der Waals surface area (Å²) in [4.78, 5) is 27.8. The van der Waals surface area contributed by atoms with E-state index in [0.717, 1.165) is 6.54 Å². The Morgan fingerprint density at radius 3 is 2.83 bits per heavy atom. The molecule has 2 rings (SSSR count). The highest BCUT2D eigenvalue weighted by Gasteiger charge is 2.31. The van der Waals surface area contributed by atoms with E-state index < -0.39 is 6.10 Å². The molecule has 1 N–H and O–H groups in total. The molecule has 126 valence electrons. The fourth-order valence-corrected chi connectivity index (χ4v) is 2.34. The van der Waals surface area contributed by atoms with Crippen LogP contribution in [0.1, 0.15) is 6.92 Å². The van der Waals surface area contributed by atoms with Crippen molar-refractivity contribution in [1.82, 2.24) is 4.90 Å². The van der Waals surface area contributed by atoms with Gasteiger partial charge in [0.05, 0.1) is 5.69 Å². The minimum absolute atomic E-state index is 0.0199. The molecular weight excluding hydrogens is 298 g/mol. The van der Waals surface area contributed by atoms with Gasteiger partial charge in [-0.15, -0.1) is 0 Å². The lowest BCUT2D eigenvalue weighted by Crippen LogP contribution is -2.46. The van der Waals surface area contributed by atoms with E-state index in [2.05, 4.69) is 5.32 Å². The lowest BCUT2D eigenvalue weighted by Gasteiger charge is -2.34. The first-order valence-corrected chi connectivity index (χ1v) is 7.48. The highest BCUT2D eigenvalue weighted by Crippen LogP contribution is 2.36. The Morgan fingerprint density at radius 2 is 2.17 bits per heavy atom. The highest BCUT2D eigenvalue weighted by atomic mass is 16.5. The summed E-state index contributed by atoms with van der Waals surface area (Å²) in [6.45, 7) is 3.01. The number of amides is 2. The van der Waals surface area contributed by atoms with Crippen molar-refractivity contribution >= 4 is 23.2 Å².